The van der Waals surface area contributed by atoms with Gasteiger partial charge < -0.3 is 10.1 Å². The first kappa shape index (κ1) is 20.4. The molecule has 0 unspecified atom stereocenters. The first-order chi connectivity index (χ1) is 15.1. The summed E-state index contributed by atoms with van der Waals surface area (Å²) in [5.74, 6) is 0.427. The molecule has 154 valence electrons. The zero-order valence-corrected chi connectivity index (χ0v) is 17.6. The maximum Gasteiger partial charge on any atom is 0.262 e. The van der Waals surface area contributed by atoms with E-state index < -0.39 is 0 Å². The van der Waals surface area contributed by atoms with Gasteiger partial charge in [-0.15, -0.1) is 0 Å². The van der Waals surface area contributed by atoms with Crippen molar-refractivity contribution in [2.75, 3.05) is 11.9 Å². The van der Waals surface area contributed by atoms with Crippen LogP contribution >= 0.6 is 0 Å². The summed E-state index contributed by atoms with van der Waals surface area (Å²) in [6.45, 7) is 4.00. The van der Waals surface area contributed by atoms with Crippen molar-refractivity contribution in [2.45, 2.75) is 13.8 Å². The van der Waals surface area contributed by atoms with Crippen LogP contribution in [0.4, 0.5) is 11.4 Å². The minimum atomic E-state index is -0.196. The number of anilines is 1. The molecule has 0 atom stereocenters. The number of carbonyl (C=O) groups excluding carboxylic acids is 1. The van der Waals surface area contributed by atoms with Gasteiger partial charge in [0.25, 0.3) is 5.91 Å². The lowest BCUT2D eigenvalue weighted by Crippen LogP contribution is -2.20. The molecule has 4 aromatic carbocycles. The molecule has 1 N–H and O–H groups in total. The van der Waals surface area contributed by atoms with E-state index in [1.165, 1.54) is 10.9 Å². The second-order valence-corrected chi connectivity index (χ2v) is 7.50. The van der Waals surface area contributed by atoms with Crippen molar-refractivity contribution in [3.05, 3.63) is 102 Å². The highest BCUT2D eigenvalue weighted by atomic mass is 16.5. The van der Waals surface area contributed by atoms with E-state index in [9.17, 15) is 4.79 Å². The van der Waals surface area contributed by atoms with E-state index in [4.69, 9.17) is 4.74 Å². The first-order valence-electron chi connectivity index (χ1n) is 10.2. The molecule has 0 aliphatic heterocycles. The minimum Gasteiger partial charge on any atom is -0.484 e. The highest BCUT2D eigenvalue weighted by Crippen LogP contribution is 2.21. The largest absolute Gasteiger partial charge is 0.484 e. The zero-order valence-electron chi connectivity index (χ0n) is 17.6. The number of nitrogens with zero attached hydrogens (tertiary/aromatic N) is 1. The molecule has 4 heteroatoms. The number of aliphatic imine (C=N–C) groups is 1. The lowest BCUT2D eigenvalue weighted by Gasteiger charge is -2.09. The summed E-state index contributed by atoms with van der Waals surface area (Å²) in [6, 6.07) is 27.7. The highest BCUT2D eigenvalue weighted by molar-refractivity contribution is 5.92. The molecule has 0 spiro atoms. The molecule has 0 aromatic heterocycles. The van der Waals surface area contributed by atoms with Gasteiger partial charge in [0.05, 0.1) is 5.69 Å². The van der Waals surface area contributed by atoms with E-state index in [0.29, 0.717) is 5.75 Å². The van der Waals surface area contributed by atoms with Gasteiger partial charge in [-0.3, -0.25) is 9.79 Å². The fourth-order valence-corrected chi connectivity index (χ4v) is 3.26. The predicted molar refractivity (Wildman–Crippen MR) is 128 cm³/mol. The van der Waals surface area contributed by atoms with E-state index in [1.807, 2.05) is 74.5 Å². The van der Waals surface area contributed by atoms with Crippen LogP contribution in [-0.2, 0) is 4.79 Å². The molecule has 0 fully saturated rings. The molecular weight excluding hydrogens is 384 g/mol. The van der Waals surface area contributed by atoms with E-state index in [2.05, 4.69) is 34.6 Å². The number of hydrogen-bond donors (Lipinski definition) is 1. The Labute approximate surface area is 182 Å². The second kappa shape index (κ2) is 9.26. The van der Waals surface area contributed by atoms with Crippen LogP contribution in [0.15, 0.2) is 89.9 Å². The fraction of sp³-hybridized carbons (Fsp3) is 0.111. The molecule has 31 heavy (non-hydrogen) atoms. The Kier molecular flexibility index (Phi) is 6.08. The van der Waals surface area contributed by atoms with Crippen LogP contribution in [0.5, 0.6) is 5.75 Å². The Bertz CT molecular complexity index is 1260. The normalized spacial score (nSPS) is 11.0. The van der Waals surface area contributed by atoms with Crippen molar-refractivity contribution >= 4 is 34.3 Å². The molecule has 4 nitrogen and oxygen atoms in total. The summed E-state index contributed by atoms with van der Waals surface area (Å²) in [5, 5.41) is 5.21. The van der Waals surface area contributed by atoms with E-state index >= 15 is 0 Å². The Hall–Kier alpha value is -3.92. The quantitative estimate of drug-likeness (QED) is 0.385. The molecule has 4 aromatic rings. The fourth-order valence-electron chi connectivity index (χ4n) is 3.26. The minimum absolute atomic E-state index is 0.0573. The molecule has 0 bridgehead atoms. The number of fused-ring (bicyclic) bond motifs is 1. The van der Waals surface area contributed by atoms with Crippen LogP contribution in [0.3, 0.4) is 0 Å². The van der Waals surface area contributed by atoms with E-state index in [0.717, 1.165) is 27.9 Å². The Morgan fingerprint density at radius 1 is 0.871 bits per heavy atom. The monoisotopic (exact) mass is 408 g/mol. The van der Waals surface area contributed by atoms with Crippen LogP contribution in [0, 0.1) is 13.8 Å². The maximum atomic E-state index is 12.2. The van der Waals surface area contributed by atoms with Gasteiger partial charge in [-0.05, 0) is 77.7 Å². The number of hydrogen-bond acceptors (Lipinski definition) is 3. The molecule has 0 saturated heterocycles. The van der Waals surface area contributed by atoms with Gasteiger partial charge >= 0.3 is 0 Å². The number of carbonyl (C=O) groups is 1. The number of nitrogens with one attached hydrogen (secondary N) is 1. The van der Waals surface area contributed by atoms with Crippen molar-refractivity contribution in [3.63, 3.8) is 0 Å². The highest BCUT2D eigenvalue weighted by Gasteiger charge is 2.05. The Balaban J connectivity index is 1.37. The van der Waals surface area contributed by atoms with Gasteiger partial charge in [0, 0.05) is 11.9 Å². The van der Waals surface area contributed by atoms with E-state index in [1.54, 1.807) is 6.21 Å². The van der Waals surface area contributed by atoms with Crippen molar-refractivity contribution in [1.29, 1.82) is 0 Å². The van der Waals surface area contributed by atoms with Crippen LogP contribution in [0.25, 0.3) is 10.8 Å². The number of amides is 1. The van der Waals surface area contributed by atoms with Crippen LogP contribution in [0.2, 0.25) is 0 Å². The van der Waals surface area contributed by atoms with Crippen molar-refractivity contribution in [2.24, 2.45) is 4.99 Å². The van der Waals surface area contributed by atoms with Crippen LogP contribution in [0.1, 0.15) is 16.7 Å². The van der Waals surface area contributed by atoms with Gasteiger partial charge in [0.15, 0.2) is 6.61 Å². The van der Waals surface area contributed by atoms with Gasteiger partial charge in [0.2, 0.25) is 0 Å². The third-order valence-corrected chi connectivity index (χ3v) is 5.11. The third kappa shape index (κ3) is 5.37. The molecular formula is C27H24N2O2. The summed E-state index contributed by atoms with van der Waals surface area (Å²) in [5.41, 5.74) is 4.89. The van der Waals surface area contributed by atoms with Crippen molar-refractivity contribution in [1.82, 2.24) is 0 Å². The Morgan fingerprint density at radius 3 is 2.55 bits per heavy atom. The smallest absolute Gasteiger partial charge is 0.262 e. The molecule has 0 aliphatic carbocycles. The number of ether oxygens (including phenoxy) is 1. The van der Waals surface area contributed by atoms with Crippen LogP contribution < -0.4 is 10.1 Å². The Morgan fingerprint density at radius 2 is 1.71 bits per heavy atom. The summed E-state index contributed by atoms with van der Waals surface area (Å²) in [7, 11) is 0. The predicted octanol–water partition coefficient (Wildman–Crippen LogP) is 6.22. The lowest BCUT2D eigenvalue weighted by atomic mass is 10.1. The van der Waals surface area contributed by atoms with Gasteiger partial charge in [-0.2, -0.15) is 0 Å². The number of aryl methyl sites for hydroxylation is 2. The molecule has 1 amide bonds. The lowest BCUT2D eigenvalue weighted by molar-refractivity contribution is -0.118. The topological polar surface area (TPSA) is 50.7 Å². The zero-order chi connectivity index (χ0) is 21.6. The second-order valence-electron chi connectivity index (χ2n) is 7.50. The number of benzene rings is 4. The molecule has 4 rings (SSSR count). The molecule has 0 heterocycles. The maximum absolute atomic E-state index is 12.2. The molecule has 0 radical (unpaired) electrons. The van der Waals surface area contributed by atoms with Gasteiger partial charge in [-0.25, -0.2) is 0 Å². The first-order valence-corrected chi connectivity index (χ1v) is 10.2. The summed E-state index contributed by atoms with van der Waals surface area (Å²) >= 11 is 0. The summed E-state index contributed by atoms with van der Waals surface area (Å²) in [4.78, 5) is 16.8. The average molecular weight is 409 g/mol. The van der Waals surface area contributed by atoms with Crippen LogP contribution in [-0.4, -0.2) is 18.7 Å². The average Bonchev–Trinajstić information content (AvgIpc) is 2.79. The van der Waals surface area contributed by atoms with Crippen molar-refractivity contribution < 1.29 is 9.53 Å². The SMILES string of the molecule is Cc1ccc(NC(=O)COc2cccc(C=Nc3ccc4ccccc4c3)c2)cc1C. The summed E-state index contributed by atoms with van der Waals surface area (Å²) in [6.07, 6.45) is 1.80. The van der Waals surface area contributed by atoms with Gasteiger partial charge in [-0.1, -0.05) is 48.5 Å². The molecule has 0 aliphatic rings. The third-order valence-electron chi connectivity index (χ3n) is 5.11. The standard InChI is InChI=1S/C27H24N2O2/c1-19-10-12-25(14-20(19)2)29-27(30)18-31-26-9-5-6-21(15-26)17-28-24-13-11-22-7-3-4-8-23(22)16-24/h3-17H,18H2,1-2H3,(H,29,30). The summed E-state index contributed by atoms with van der Waals surface area (Å²) < 4.78 is 5.67. The van der Waals surface area contributed by atoms with Crippen molar-refractivity contribution in [3.8, 4) is 5.75 Å². The van der Waals surface area contributed by atoms with E-state index in [-0.39, 0.29) is 12.5 Å². The molecule has 0 saturated carbocycles. The van der Waals surface area contributed by atoms with Gasteiger partial charge in [0.1, 0.15) is 5.75 Å². The number of rotatable bonds is 6.